The highest BCUT2D eigenvalue weighted by Gasteiger charge is 2.18. The van der Waals surface area contributed by atoms with Crippen molar-refractivity contribution >= 4 is 6.03 Å². The molecule has 0 aliphatic rings. The molecule has 0 saturated carbocycles. The van der Waals surface area contributed by atoms with Gasteiger partial charge in [0, 0.05) is 12.1 Å². The Hall–Kier alpha value is -3.23. The summed E-state index contributed by atoms with van der Waals surface area (Å²) in [6.07, 6.45) is 0. The first-order valence-electron chi connectivity index (χ1n) is 7.86. The number of rotatable bonds is 5. The molecule has 25 heavy (non-hydrogen) atoms. The molecule has 0 aliphatic carbocycles. The van der Waals surface area contributed by atoms with Crippen LogP contribution in [0.4, 0.5) is 4.79 Å². The van der Waals surface area contributed by atoms with Crippen LogP contribution in [0.3, 0.4) is 0 Å². The fourth-order valence-corrected chi connectivity index (χ4v) is 2.45. The Morgan fingerprint density at radius 2 is 2.04 bits per heavy atom. The van der Waals surface area contributed by atoms with Crippen molar-refractivity contribution in [3.05, 3.63) is 53.2 Å². The molecular weight excluding hydrogens is 322 g/mol. The summed E-state index contributed by atoms with van der Waals surface area (Å²) in [6.45, 7) is 5.80. The molecule has 3 rings (SSSR count). The molecule has 2 amide bonds. The van der Waals surface area contributed by atoms with E-state index in [2.05, 4.69) is 31.3 Å². The van der Waals surface area contributed by atoms with Gasteiger partial charge in [-0.05, 0) is 43.3 Å². The van der Waals surface area contributed by atoms with Gasteiger partial charge < -0.3 is 15.2 Å². The zero-order chi connectivity index (χ0) is 17.8. The molecule has 3 aromatic rings. The minimum absolute atomic E-state index is 0.324. The molecule has 1 aromatic carbocycles. The number of urea groups is 1. The van der Waals surface area contributed by atoms with Gasteiger partial charge in [-0.2, -0.15) is 4.68 Å². The SMILES string of the molecule is Cc1noc(C)c1CNC(=O)N[C@@H](C)c1nnnn1-c1ccccc1. The Morgan fingerprint density at radius 1 is 1.28 bits per heavy atom. The van der Waals surface area contributed by atoms with E-state index < -0.39 is 0 Å². The van der Waals surface area contributed by atoms with Crippen molar-refractivity contribution in [1.82, 2.24) is 36.0 Å². The maximum Gasteiger partial charge on any atom is 0.315 e. The van der Waals surface area contributed by atoms with E-state index in [-0.39, 0.29) is 12.1 Å². The van der Waals surface area contributed by atoms with Crippen LogP contribution in [-0.2, 0) is 6.54 Å². The number of carbonyl (C=O) groups is 1. The number of hydrogen-bond donors (Lipinski definition) is 2. The molecule has 0 bridgehead atoms. The number of para-hydroxylation sites is 1. The van der Waals surface area contributed by atoms with E-state index in [0.717, 1.165) is 16.9 Å². The smallest absolute Gasteiger partial charge is 0.315 e. The van der Waals surface area contributed by atoms with Crippen LogP contribution in [0.5, 0.6) is 0 Å². The van der Waals surface area contributed by atoms with Gasteiger partial charge in [0.15, 0.2) is 5.82 Å². The lowest BCUT2D eigenvalue weighted by Gasteiger charge is -2.14. The number of nitrogens with one attached hydrogen (secondary N) is 2. The highest BCUT2D eigenvalue weighted by atomic mass is 16.5. The molecule has 2 N–H and O–H groups in total. The van der Waals surface area contributed by atoms with E-state index >= 15 is 0 Å². The third kappa shape index (κ3) is 3.65. The van der Waals surface area contributed by atoms with Crippen LogP contribution < -0.4 is 10.6 Å². The maximum atomic E-state index is 12.2. The highest BCUT2D eigenvalue weighted by molar-refractivity contribution is 5.74. The van der Waals surface area contributed by atoms with E-state index in [9.17, 15) is 4.79 Å². The molecule has 0 unspecified atom stereocenters. The first-order valence-corrected chi connectivity index (χ1v) is 7.86. The molecule has 0 fully saturated rings. The Balaban J connectivity index is 1.64. The quantitative estimate of drug-likeness (QED) is 0.732. The fourth-order valence-electron chi connectivity index (χ4n) is 2.45. The highest BCUT2D eigenvalue weighted by Crippen LogP contribution is 2.14. The number of tetrazole rings is 1. The number of amides is 2. The van der Waals surface area contributed by atoms with Gasteiger partial charge in [-0.15, -0.1) is 5.10 Å². The first kappa shape index (κ1) is 16.6. The Labute approximate surface area is 144 Å². The average molecular weight is 341 g/mol. The molecule has 0 aliphatic heterocycles. The van der Waals surface area contributed by atoms with E-state index in [4.69, 9.17) is 4.52 Å². The molecule has 2 heterocycles. The molecule has 1 atom stereocenters. The van der Waals surface area contributed by atoms with Crippen LogP contribution in [-0.4, -0.2) is 31.4 Å². The van der Waals surface area contributed by atoms with E-state index in [0.29, 0.717) is 18.1 Å². The molecule has 2 aromatic heterocycles. The first-order chi connectivity index (χ1) is 12.1. The third-order valence-electron chi connectivity index (χ3n) is 3.84. The van der Waals surface area contributed by atoms with Gasteiger partial charge in [0.2, 0.25) is 0 Å². The van der Waals surface area contributed by atoms with Crippen LogP contribution in [0.15, 0.2) is 34.9 Å². The van der Waals surface area contributed by atoms with Crippen LogP contribution in [0.2, 0.25) is 0 Å². The van der Waals surface area contributed by atoms with Crippen molar-refractivity contribution in [2.45, 2.75) is 33.4 Å². The van der Waals surface area contributed by atoms with Crippen molar-refractivity contribution in [1.29, 1.82) is 0 Å². The van der Waals surface area contributed by atoms with Crippen LogP contribution in [0, 0.1) is 13.8 Å². The van der Waals surface area contributed by atoms with E-state index in [1.54, 1.807) is 4.68 Å². The predicted octanol–water partition coefficient (Wildman–Crippen LogP) is 1.83. The Bertz CT molecular complexity index is 837. The second kappa shape index (κ2) is 7.12. The number of nitrogens with zero attached hydrogens (tertiary/aromatic N) is 5. The van der Waals surface area contributed by atoms with Gasteiger partial charge >= 0.3 is 6.03 Å². The number of hydrogen-bond acceptors (Lipinski definition) is 6. The van der Waals surface area contributed by atoms with Gasteiger partial charge in [-0.1, -0.05) is 23.4 Å². The van der Waals surface area contributed by atoms with Gasteiger partial charge in [-0.25, -0.2) is 4.79 Å². The summed E-state index contributed by atoms with van der Waals surface area (Å²) >= 11 is 0. The van der Waals surface area contributed by atoms with Crippen molar-refractivity contribution < 1.29 is 9.32 Å². The molecule has 0 saturated heterocycles. The largest absolute Gasteiger partial charge is 0.361 e. The standard InChI is InChI=1S/C16H19N7O2/c1-10-14(12(3)25-20-10)9-17-16(24)18-11(2)15-19-21-22-23(15)13-7-5-4-6-8-13/h4-8,11H,9H2,1-3H3,(H2,17,18,24)/t11-/m0/s1. The number of aromatic nitrogens is 5. The predicted molar refractivity (Wildman–Crippen MR) is 88.9 cm³/mol. The second-order valence-corrected chi connectivity index (χ2v) is 5.64. The van der Waals surface area contributed by atoms with E-state index in [1.165, 1.54) is 0 Å². The number of aryl methyl sites for hydroxylation is 2. The van der Waals surface area contributed by atoms with Gasteiger partial charge in [0.25, 0.3) is 0 Å². The maximum absolute atomic E-state index is 12.2. The normalized spacial score (nSPS) is 12.0. The average Bonchev–Trinajstić information content (AvgIpc) is 3.21. The van der Waals surface area contributed by atoms with Crippen molar-refractivity contribution in [2.24, 2.45) is 0 Å². The van der Waals surface area contributed by atoms with Crippen LogP contribution in [0.1, 0.15) is 35.8 Å². The lowest BCUT2D eigenvalue weighted by Crippen LogP contribution is -2.37. The summed E-state index contributed by atoms with van der Waals surface area (Å²) in [6, 6.07) is 8.80. The molecule has 0 spiro atoms. The minimum atomic E-state index is -0.375. The Kier molecular flexibility index (Phi) is 4.73. The van der Waals surface area contributed by atoms with Gasteiger partial charge in [-0.3, -0.25) is 0 Å². The molecule has 9 nitrogen and oxygen atoms in total. The van der Waals surface area contributed by atoms with Crippen LogP contribution in [0.25, 0.3) is 5.69 Å². The molecule has 0 radical (unpaired) electrons. The fraction of sp³-hybridized carbons (Fsp3) is 0.312. The summed E-state index contributed by atoms with van der Waals surface area (Å²) in [5, 5.41) is 21.2. The summed E-state index contributed by atoms with van der Waals surface area (Å²) in [5.74, 6) is 1.23. The zero-order valence-electron chi connectivity index (χ0n) is 14.2. The molecule has 130 valence electrons. The summed E-state index contributed by atoms with van der Waals surface area (Å²) in [7, 11) is 0. The number of carbonyl (C=O) groups excluding carboxylic acids is 1. The monoisotopic (exact) mass is 341 g/mol. The van der Waals surface area contributed by atoms with E-state index in [1.807, 2.05) is 51.1 Å². The van der Waals surface area contributed by atoms with Crippen molar-refractivity contribution in [2.75, 3.05) is 0 Å². The zero-order valence-corrected chi connectivity index (χ0v) is 14.2. The summed E-state index contributed by atoms with van der Waals surface area (Å²) < 4.78 is 6.68. The lowest BCUT2D eigenvalue weighted by molar-refractivity contribution is 0.237. The van der Waals surface area contributed by atoms with Gasteiger partial charge in [0.05, 0.1) is 17.4 Å². The van der Waals surface area contributed by atoms with Crippen molar-refractivity contribution in [3.8, 4) is 5.69 Å². The van der Waals surface area contributed by atoms with Crippen LogP contribution >= 0.6 is 0 Å². The minimum Gasteiger partial charge on any atom is -0.361 e. The second-order valence-electron chi connectivity index (χ2n) is 5.64. The summed E-state index contributed by atoms with van der Waals surface area (Å²) in [4.78, 5) is 12.2. The molecular formula is C16H19N7O2. The summed E-state index contributed by atoms with van der Waals surface area (Å²) in [5.41, 5.74) is 2.46. The topological polar surface area (TPSA) is 111 Å². The van der Waals surface area contributed by atoms with Crippen molar-refractivity contribution in [3.63, 3.8) is 0 Å². The number of benzene rings is 1. The lowest BCUT2D eigenvalue weighted by atomic mass is 10.2. The van der Waals surface area contributed by atoms with Gasteiger partial charge in [0.1, 0.15) is 5.76 Å². The molecule has 9 heteroatoms. The third-order valence-corrected chi connectivity index (χ3v) is 3.84. The Morgan fingerprint density at radius 3 is 2.72 bits per heavy atom.